The average Bonchev–Trinajstić information content (AvgIpc) is 3.16. The van der Waals surface area contributed by atoms with Crippen LogP contribution in [0.15, 0.2) is 18.2 Å². The number of amides is 1. The van der Waals surface area contributed by atoms with Crippen LogP contribution in [-0.2, 0) is 17.5 Å². The second-order valence-electron chi connectivity index (χ2n) is 9.29. The van der Waals surface area contributed by atoms with Crippen molar-refractivity contribution in [1.29, 1.82) is 0 Å². The van der Waals surface area contributed by atoms with Gasteiger partial charge in [0.15, 0.2) is 0 Å². The largest absolute Gasteiger partial charge is 0.481 e. The number of piperidine rings is 2. The minimum absolute atomic E-state index is 0.187. The standard InChI is InChI=1S/C23H30F3N3O3/c24-23(25,26)18-2-3-19(17(14-18)15-28-12-4-16(5-13-28)21(31)32)20(30)29-11-1-6-22(29)7-9-27-10-8-22/h2-3,14,16,27H,1,4-13,15H2,(H,31,32). The van der Waals surface area contributed by atoms with Gasteiger partial charge in [-0.25, -0.2) is 0 Å². The van der Waals surface area contributed by atoms with E-state index in [1.165, 1.54) is 6.07 Å². The van der Waals surface area contributed by atoms with Gasteiger partial charge in [0, 0.05) is 24.2 Å². The van der Waals surface area contributed by atoms with Gasteiger partial charge in [0.05, 0.1) is 11.5 Å². The van der Waals surface area contributed by atoms with Crippen LogP contribution in [0.3, 0.4) is 0 Å². The summed E-state index contributed by atoms with van der Waals surface area (Å²) in [5.41, 5.74) is -0.266. The lowest BCUT2D eigenvalue weighted by Crippen LogP contribution is -2.53. The number of halogens is 3. The summed E-state index contributed by atoms with van der Waals surface area (Å²) in [6.07, 6.45) is -0.0194. The molecule has 1 amide bonds. The highest BCUT2D eigenvalue weighted by Crippen LogP contribution is 2.39. The van der Waals surface area contributed by atoms with Crippen molar-refractivity contribution < 1.29 is 27.9 Å². The van der Waals surface area contributed by atoms with Crippen LogP contribution in [0.25, 0.3) is 0 Å². The second-order valence-corrected chi connectivity index (χ2v) is 9.29. The molecule has 9 heteroatoms. The van der Waals surface area contributed by atoms with Crippen LogP contribution < -0.4 is 5.32 Å². The zero-order valence-corrected chi connectivity index (χ0v) is 18.1. The van der Waals surface area contributed by atoms with Crippen LogP contribution in [0.2, 0.25) is 0 Å². The van der Waals surface area contributed by atoms with Crippen LogP contribution in [0.5, 0.6) is 0 Å². The van der Waals surface area contributed by atoms with E-state index >= 15 is 0 Å². The molecular weight excluding hydrogens is 423 g/mol. The van der Waals surface area contributed by atoms with Crippen molar-refractivity contribution in [1.82, 2.24) is 15.1 Å². The molecule has 0 radical (unpaired) electrons. The fraction of sp³-hybridized carbons (Fsp3) is 0.652. The zero-order valence-electron chi connectivity index (χ0n) is 18.1. The molecule has 3 heterocycles. The molecule has 32 heavy (non-hydrogen) atoms. The van der Waals surface area contributed by atoms with Crippen LogP contribution >= 0.6 is 0 Å². The number of nitrogens with one attached hydrogen (secondary N) is 1. The lowest BCUT2D eigenvalue weighted by atomic mass is 9.85. The second kappa shape index (κ2) is 9.02. The summed E-state index contributed by atoms with van der Waals surface area (Å²) in [6.45, 7) is 3.48. The number of carbonyl (C=O) groups excluding carboxylic acids is 1. The van der Waals surface area contributed by atoms with Crippen LogP contribution in [0.4, 0.5) is 13.2 Å². The normalized spacial score (nSPS) is 22.4. The number of likely N-dealkylation sites (tertiary alicyclic amines) is 2. The molecule has 3 aliphatic rings. The number of aliphatic carboxylic acids is 1. The number of carboxylic acid groups (broad SMARTS) is 1. The van der Waals surface area contributed by atoms with Crippen LogP contribution in [-0.4, -0.2) is 65.0 Å². The maximum absolute atomic E-state index is 13.6. The Balaban J connectivity index is 1.60. The fourth-order valence-electron chi connectivity index (χ4n) is 5.50. The molecule has 4 rings (SSSR count). The Morgan fingerprint density at radius 3 is 2.41 bits per heavy atom. The molecule has 1 spiro atoms. The predicted octanol–water partition coefficient (Wildman–Crippen LogP) is 3.36. The van der Waals surface area contributed by atoms with Crippen LogP contribution in [0.1, 0.15) is 60.0 Å². The number of carbonyl (C=O) groups is 2. The summed E-state index contributed by atoms with van der Waals surface area (Å²) in [6, 6.07) is 3.43. The smallest absolute Gasteiger partial charge is 0.416 e. The number of alkyl halides is 3. The molecule has 6 nitrogen and oxygen atoms in total. The van der Waals surface area contributed by atoms with Crippen molar-refractivity contribution in [3.63, 3.8) is 0 Å². The molecule has 0 atom stereocenters. The molecule has 3 saturated heterocycles. The molecule has 0 aromatic heterocycles. The summed E-state index contributed by atoms with van der Waals surface area (Å²) < 4.78 is 40.3. The van der Waals surface area contributed by atoms with Gasteiger partial charge in [-0.1, -0.05) is 0 Å². The van der Waals surface area contributed by atoms with Gasteiger partial charge >= 0.3 is 12.1 Å². The van der Waals surface area contributed by atoms with E-state index in [2.05, 4.69) is 5.32 Å². The Morgan fingerprint density at radius 1 is 1.09 bits per heavy atom. The van der Waals surface area contributed by atoms with Gasteiger partial charge in [0.1, 0.15) is 0 Å². The molecule has 1 aromatic rings. The number of rotatable bonds is 4. The molecular formula is C23H30F3N3O3. The van der Waals surface area contributed by atoms with Gasteiger partial charge in [-0.05, 0) is 88.5 Å². The van der Waals surface area contributed by atoms with E-state index in [0.29, 0.717) is 43.6 Å². The number of hydrogen-bond acceptors (Lipinski definition) is 4. The minimum Gasteiger partial charge on any atom is -0.481 e. The van der Waals surface area contributed by atoms with Crippen molar-refractivity contribution in [3.05, 3.63) is 34.9 Å². The highest BCUT2D eigenvalue weighted by molar-refractivity contribution is 5.96. The first-order valence-electron chi connectivity index (χ1n) is 11.4. The molecule has 3 aliphatic heterocycles. The third-order valence-corrected chi connectivity index (χ3v) is 7.37. The highest BCUT2D eigenvalue weighted by Gasteiger charge is 2.45. The molecule has 0 unspecified atom stereocenters. The Kier molecular flexibility index (Phi) is 6.49. The van der Waals surface area contributed by atoms with Gasteiger partial charge in [-0.2, -0.15) is 13.2 Å². The van der Waals surface area contributed by atoms with Gasteiger partial charge in [-0.15, -0.1) is 0 Å². The fourth-order valence-corrected chi connectivity index (χ4v) is 5.50. The molecule has 1 aromatic carbocycles. The van der Waals surface area contributed by atoms with E-state index in [0.717, 1.165) is 50.9 Å². The first-order valence-corrected chi connectivity index (χ1v) is 11.4. The Labute approximate surface area is 185 Å². The maximum atomic E-state index is 13.6. The average molecular weight is 454 g/mol. The molecule has 176 valence electrons. The van der Waals surface area contributed by atoms with Gasteiger partial charge in [0.2, 0.25) is 0 Å². The van der Waals surface area contributed by atoms with E-state index in [4.69, 9.17) is 0 Å². The molecule has 3 fully saturated rings. The minimum atomic E-state index is -4.49. The SMILES string of the molecule is O=C(O)C1CCN(Cc2cc(C(F)(F)F)ccc2C(=O)N2CCCC23CCNCC3)CC1. The van der Waals surface area contributed by atoms with Crippen LogP contribution in [0, 0.1) is 5.92 Å². The third kappa shape index (κ3) is 4.64. The summed E-state index contributed by atoms with van der Waals surface area (Å²) >= 11 is 0. The van der Waals surface area contributed by atoms with Crippen molar-refractivity contribution in [2.45, 2.75) is 56.8 Å². The number of hydrogen-bond donors (Lipinski definition) is 2. The topological polar surface area (TPSA) is 72.9 Å². The predicted molar refractivity (Wildman–Crippen MR) is 112 cm³/mol. The lowest BCUT2D eigenvalue weighted by Gasteiger charge is -2.42. The molecule has 0 aliphatic carbocycles. The van der Waals surface area contributed by atoms with Gasteiger partial charge in [-0.3, -0.25) is 14.5 Å². The Morgan fingerprint density at radius 2 is 1.78 bits per heavy atom. The van der Waals surface area contributed by atoms with E-state index in [1.54, 1.807) is 0 Å². The Hall–Kier alpha value is -2.13. The van der Waals surface area contributed by atoms with Crippen molar-refractivity contribution in [3.8, 4) is 0 Å². The van der Waals surface area contributed by atoms with Gasteiger partial charge < -0.3 is 15.3 Å². The lowest BCUT2D eigenvalue weighted by molar-refractivity contribution is -0.143. The molecule has 0 saturated carbocycles. The molecule has 0 bridgehead atoms. The Bertz CT molecular complexity index is 860. The van der Waals surface area contributed by atoms with E-state index < -0.39 is 23.6 Å². The summed E-state index contributed by atoms with van der Waals surface area (Å²) in [5, 5.41) is 12.5. The highest BCUT2D eigenvalue weighted by atomic mass is 19.4. The van der Waals surface area contributed by atoms with E-state index in [9.17, 15) is 27.9 Å². The monoisotopic (exact) mass is 453 g/mol. The first-order chi connectivity index (χ1) is 15.2. The zero-order chi connectivity index (χ0) is 22.9. The summed E-state index contributed by atoms with van der Waals surface area (Å²) in [5.74, 6) is -1.44. The van der Waals surface area contributed by atoms with Crippen molar-refractivity contribution in [2.75, 3.05) is 32.7 Å². The number of nitrogens with zero attached hydrogens (tertiary/aromatic N) is 2. The van der Waals surface area contributed by atoms with Gasteiger partial charge in [0.25, 0.3) is 5.91 Å². The van der Waals surface area contributed by atoms with E-state index in [1.807, 2.05) is 9.80 Å². The maximum Gasteiger partial charge on any atom is 0.416 e. The quantitative estimate of drug-likeness (QED) is 0.732. The van der Waals surface area contributed by atoms with E-state index in [-0.39, 0.29) is 18.0 Å². The van der Waals surface area contributed by atoms with Crippen molar-refractivity contribution >= 4 is 11.9 Å². The molecule has 2 N–H and O–H groups in total. The summed E-state index contributed by atoms with van der Waals surface area (Å²) in [4.78, 5) is 28.7. The van der Waals surface area contributed by atoms with Crippen molar-refractivity contribution in [2.24, 2.45) is 5.92 Å². The number of carboxylic acids is 1. The first kappa shape index (κ1) is 23.0. The number of benzene rings is 1. The third-order valence-electron chi connectivity index (χ3n) is 7.37. The summed E-state index contributed by atoms with van der Waals surface area (Å²) in [7, 11) is 0.